The fourth-order valence-electron chi connectivity index (χ4n) is 3.04. The molecule has 0 saturated carbocycles. The highest BCUT2D eigenvalue weighted by molar-refractivity contribution is 5.45. The van der Waals surface area contributed by atoms with E-state index in [2.05, 4.69) is 62.1 Å². The molecule has 0 aliphatic carbocycles. The van der Waals surface area contributed by atoms with Crippen molar-refractivity contribution in [1.29, 1.82) is 0 Å². The predicted octanol–water partition coefficient (Wildman–Crippen LogP) is 2.42. The Labute approximate surface area is 129 Å². The first-order chi connectivity index (χ1) is 9.95. The molecule has 1 aliphatic rings. The average molecular weight is 290 g/mol. The van der Waals surface area contributed by atoms with Gasteiger partial charge in [0.1, 0.15) is 5.82 Å². The number of aromatic nitrogens is 1. The van der Waals surface area contributed by atoms with E-state index in [-0.39, 0.29) is 0 Å². The first kappa shape index (κ1) is 16.2. The molecule has 1 saturated heterocycles. The van der Waals surface area contributed by atoms with Crippen molar-refractivity contribution in [2.45, 2.75) is 52.2 Å². The van der Waals surface area contributed by atoms with Gasteiger partial charge in [0, 0.05) is 37.4 Å². The van der Waals surface area contributed by atoms with Gasteiger partial charge in [-0.3, -0.25) is 0 Å². The first-order valence-electron chi connectivity index (χ1n) is 8.08. The number of nitrogens with one attached hydrogen (secondary N) is 1. The Morgan fingerprint density at radius 2 is 2.14 bits per heavy atom. The van der Waals surface area contributed by atoms with E-state index in [0.717, 1.165) is 31.1 Å². The molecule has 1 atom stereocenters. The molecule has 4 heteroatoms. The minimum absolute atomic E-state index is 0.509. The molecular weight excluding hydrogens is 260 g/mol. The fraction of sp³-hybridized carbons (Fsp3) is 0.706. The van der Waals surface area contributed by atoms with Gasteiger partial charge in [-0.1, -0.05) is 13.8 Å². The van der Waals surface area contributed by atoms with Crippen LogP contribution in [0.2, 0.25) is 0 Å². The monoisotopic (exact) mass is 290 g/mol. The lowest BCUT2D eigenvalue weighted by molar-refractivity contribution is 0.371. The van der Waals surface area contributed by atoms with Crippen LogP contribution in [0.4, 0.5) is 5.82 Å². The molecule has 0 aromatic carbocycles. The Bertz CT molecular complexity index is 456. The average Bonchev–Trinajstić information content (AvgIpc) is 2.83. The summed E-state index contributed by atoms with van der Waals surface area (Å²) in [6.45, 7) is 9.62. The van der Waals surface area contributed by atoms with Crippen LogP contribution < -0.4 is 10.2 Å². The van der Waals surface area contributed by atoms with Crippen LogP contribution in [0.3, 0.4) is 0 Å². The summed E-state index contributed by atoms with van der Waals surface area (Å²) in [4.78, 5) is 9.55. The van der Waals surface area contributed by atoms with Gasteiger partial charge in [-0.25, -0.2) is 4.98 Å². The van der Waals surface area contributed by atoms with Crippen molar-refractivity contribution in [3.8, 4) is 0 Å². The van der Waals surface area contributed by atoms with E-state index in [1.807, 2.05) is 0 Å². The minimum atomic E-state index is 0.509. The highest BCUT2D eigenvalue weighted by Gasteiger charge is 2.26. The number of pyridine rings is 1. The van der Waals surface area contributed by atoms with Gasteiger partial charge in [-0.05, 0) is 51.6 Å². The molecule has 1 unspecified atom stereocenters. The van der Waals surface area contributed by atoms with Crippen molar-refractivity contribution in [2.24, 2.45) is 0 Å². The normalized spacial score (nSPS) is 19.0. The number of anilines is 1. The SMILES string of the molecule is Cc1cc(CNC(C)C)cc(N2CCCC2CN(C)C)n1. The summed E-state index contributed by atoms with van der Waals surface area (Å²) in [6.07, 6.45) is 2.54. The molecule has 1 aromatic rings. The van der Waals surface area contributed by atoms with Crippen LogP contribution in [0.1, 0.15) is 37.9 Å². The summed E-state index contributed by atoms with van der Waals surface area (Å²) >= 11 is 0. The Morgan fingerprint density at radius 1 is 1.38 bits per heavy atom. The van der Waals surface area contributed by atoms with Crippen LogP contribution in [-0.4, -0.2) is 49.2 Å². The standard InChI is InChI=1S/C17H30N4/c1-13(2)18-11-15-9-14(3)19-17(10-15)21-8-6-7-16(21)12-20(4)5/h9-10,13,16,18H,6-8,11-12H2,1-5H3. The van der Waals surface area contributed by atoms with Gasteiger partial charge in [0.2, 0.25) is 0 Å². The second kappa shape index (κ2) is 7.23. The third-order valence-electron chi connectivity index (χ3n) is 3.96. The number of rotatable bonds is 6. The maximum Gasteiger partial charge on any atom is 0.129 e. The van der Waals surface area contributed by atoms with Crippen molar-refractivity contribution in [2.75, 3.05) is 32.1 Å². The lowest BCUT2D eigenvalue weighted by atomic mass is 10.2. The summed E-state index contributed by atoms with van der Waals surface area (Å²) in [6, 6.07) is 5.56. The summed E-state index contributed by atoms with van der Waals surface area (Å²) < 4.78 is 0. The molecule has 1 aliphatic heterocycles. The van der Waals surface area contributed by atoms with Gasteiger partial charge >= 0.3 is 0 Å². The Morgan fingerprint density at radius 3 is 2.81 bits per heavy atom. The number of aryl methyl sites for hydroxylation is 1. The summed E-state index contributed by atoms with van der Waals surface area (Å²) in [5, 5.41) is 3.50. The lowest BCUT2D eigenvalue weighted by Gasteiger charge is -2.28. The minimum Gasteiger partial charge on any atom is -0.352 e. The quantitative estimate of drug-likeness (QED) is 0.872. The van der Waals surface area contributed by atoms with Gasteiger partial charge in [0.25, 0.3) is 0 Å². The third kappa shape index (κ3) is 4.68. The van der Waals surface area contributed by atoms with Crippen LogP contribution in [0, 0.1) is 6.92 Å². The lowest BCUT2D eigenvalue weighted by Crippen LogP contribution is -2.38. The van der Waals surface area contributed by atoms with E-state index in [1.54, 1.807) is 0 Å². The largest absolute Gasteiger partial charge is 0.352 e. The fourth-order valence-corrected chi connectivity index (χ4v) is 3.04. The van der Waals surface area contributed by atoms with Crippen molar-refractivity contribution in [1.82, 2.24) is 15.2 Å². The third-order valence-corrected chi connectivity index (χ3v) is 3.96. The zero-order valence-corrected chi connectivity index (χ0v) is 14.2. The number of hydrogen-bond donors (Lipinski definition) is 1. The summed E-state index contributed by atoms with van der Waals surface area (Å²) in [5.74, 6) is 1.15. The zero-order chi connectivity index (χ0) is 15.4. The molecule has 2 rings (SSSR count). The molecule has 118 valence electrons. The van der Waals surface area contributed by atoms with Gasteiger partial charge in [0.05, 0.1) is 0 Å². The van der Waals surface area contributed by atoms with E-state index in [4.69, 9.17) is 4.98 Å². The molecule has 0 amide bonds. The van der Waals surface area contributed by atoms with E-state index < -0.39 is 0 Å². The van der Waals surface area contributed by atoms with Crippen LogP contribution in [0.15, 0.2) is 12.1 Å². The van der Waals surface area contributed by atoms with E-state index in [9.17, 15) is 0 Å². The molecule has 0 bridgehead atoms. The van der Waals surface area contributed by atoms with E-state index in [1.165, 1.54) is 18.4 Å². The maximum absolute atomic E-state index is 4.78. The Kier molecular flexibility index (Phi) is 5.59. The van der Waals surface area contributed by atoms with Crippen LogP contribution in [0.5, 0.6) is 0 Å². The van der Waals surface area contributed by atoms with Gasteiger partial charge in [-0.2, -0.15) is 0 Å². The molecule has 0 radical (unpaired) electrons. The van der Waals surface area contributed by atoms with Crippen LogP contribution in [0.25, 0.3) is 0 Å². The zero-order valence-electron chi connectivity index (χ0n) is 14.2. The topological polar surface area (TPSA) is 31.4 Å². The van der Waals surface area contributed by atoms with Crippen molar-refractivity contribution >= 4 is 5.82 Å². The first-order valence-corrected chi connectivity index (χ1v) is 8.08. The highest BCUT2D eigenvalue weighted by atomic mass is 15.3. The van der Waals surface area contributed by atoms with Gasteiger partial charge in [0.15, 0.2) is 0 Å². The smallest absolute Gasteiger partial charge is 0.129 e. The number of hydrogen-bond acceptors (Lipinski definition) is 4. The molecule has 21 heavy (non-hydrogen) atoms. The maximum atomic E-state index is 4.78. The second-order valence-corrected chi connectivity index (χ2v) is 6.76. The van der Waals surface area contributed by atoms with Crippen molar-refractivity contribution in [3.63, 3.8) is 0 Å². The van der Waals surface area contributed by atoms with Gasteiger partial charge in [-0.15, -0.1) is 0 Å². The number of nitrogens with zero attached hydrogens (tertiary/aromatic N) is 3. The Balaban J connectivity index is 2.14. The summed E-state index contributed by atoms with van der Waals surface area (Å²) in [7, 11) is 4.30. The molecule has 1 fully saturated rings. The molecule has 0 spiro atoms. The van der Waals surface area contributed by atoms with Crippen molar-refractivity contribution in [3.05, 3.63) is 23.4 Å². The molecule has 2 heterocycles. The highest BCUT2D eigenvalue weighted by Crippen LogP contribution is 2.25. The predicted molar refractivity (Wildman–Crippen MR) is 89.9 cm³/mol. The molecule has 4 nitrogen and oxygen atoms in total. The second-order valence-electron chi connectivity index (χ2n) is 6.76. The van der Waals surface area contributed by atoms with E-state index >= 15 is 0 Å². The van der Waals surface area contributed by atoms with Gasteiger partial charge < -0.3 is 15.1 Å². The van der Waals surface area contributed by atoms with Crippen molar-refractivity contribution < 1.29 is 0 Å². The molecule has 1 N–H and O–H groups in total. The van der Waals surface area contributed by atoms with Crippen LogP contribution >= 0.6 is 0 Å². The Hall–Kier alpha value is -1.13. The molecule has 1 aromatic heterocycles. The molecular formula is C17H30N4. The summed E-state index contributed by atoms with van der Waals surface area (Å²) in [5.41, 5.74) is 2.45. The number of likely N-dealkylation sites (N-methyl/N-ethyl adjacent to an activating group) is 1. The van der Waals surface area contributed by atoms with E-state index in [0.29, 0.717) is 12.1 Å². The van der Waals surface area contributed by atoms with Crippen LogP contribution in [-0.2, 0) is 6.54 Å².